The zero-order valence-electron chi connectivity index (χ0n) is 15.2. The van der Waals surface area contributed by atoms with Crippen molar-refractivity contribution in [1.82, 2.24) is 10.2 Å². The van der Waals surface area contributed by atoms with Gasteiger partial charge in [0.1, 0.15) is 0 Å². The molecule has 1 aromatic heterocycles. The molecule has 0 aliphatic carbocycles. The molecule has 146 valence electrons. The Morgan fingerprint density at radius 1 is 1.00 bits per heavy atom. The predicted octanol–water partition coefficient (Wildman–Crippen LogP) is 3.27. The Bertz CT molecular complexity index is 1030. The Hall–Kier alpha value is -3.46. The van der Waals surface area contributed by atoms with Crippen molar-refractivity contribution in [3.8, 4) is 0 Å². The normalized spacial score (nSPS) is 13.7. The molecule has 8 nitrogen and oxygen atoms in total. The van der Waals surface area contributed by atoms with Crippen molar-refractivity contribution in [2.45, 2.75) is 23.5 Å². The fraction of sp³-hybridized carbons (Fsp3) is 0.150. The molecule has 1 aliphatic rings. The maximum Gasteiger partial charge on any atom is 0.322 e. The third-order valence-electron chi connectivity index (χ3n) is 4.23. The molecule has 1 aliphatic heterocycles. The van der Waals surface area contributed by atoms with Crippen LogP contribution in [0.25, 0.3) is 0 Å². The second kappa shape index (κ2) is 8.27. The van der Waals surface area contributed by atoms with Gasteiger partial charge in [-0.25, -0.2) is 0 Å². The number of hydrogen-bond donors (Lipinski definition) is 1. The molecule has 1 fully saturated rings. The second-order valence-corrected chi connectivity index (χ2v) is 7.28. The fourth-order valence-corrected chi connectivity index (χ4v) is 3.58. The summed E-state index contributed by atoms with van der Waals surface area (Å²) in [5, 5.41) is 10.3. The van der Waals surface area contributed by atoms with E-state index in [1.165, 1.54) is 12.1 Å². The van der Waals surface area contributed by atoms with E-state index in [2.05, 4.69) is 15.5 Å². The molecule has 0 atom stereocenters. The van der Waals surface area contributed by atoms with E-state index in [4.69, 9.17) is 4.42 Å². The van der Waals surface area contributed by atoms with Gasteiger partial charge in [0, 0.05) is 23.3 Å². The lowest BCUT2D eigenvalue weighted by atomic mass is 10.2. The highest BCUT2D eigenvalue weighted by Gasteiger charge is 2.30. The van der Waals surface area contributed by atoms with Crippen LogP contribution in [0.5, 0.6) is 0 Å². The number of aromatic nitrogens is 2. The molecule has 29 heavy (non-hydrogen) atoms. The average Bonchev–Trinajstić information content (AvgIpc) is 3.33. The third-order valence-corrected chi connectivity index (χ3v) is 5.23. The highest BCUT2D eigenvalue weighted by molar-refractivity contribution is 7.98. The lowest BCUT2D eigenvalue weighted by Gasteiger charge is -2.13. The molecule has 3 amide bonds. The number of carbonyl (C=O) groups excluding carboxylic acids is 3. The lowest BCUT2D eigenvalue weighted by molar-refractivity contribution is -0.121. The number of nitrogens with one attached hydrogen (secondary N) is 1. The molecule has 0 spiro atoms. The van der Waals surface area contributed by atoms with Gasteiger partial charge >= 0.3 is 6.01 Å². The summed E-state index contributed by atoms with van der Waals surface area (Å²) in [7, 11) is 0. The van der Waals surface area contributed by atoms with Crippen LogP contribution in [-0.2, 0) is 15.3 Å². The first-order valence-electron chi connectivity index (χ1n) is 8.87. The van der Waals surface area contributed by atoms with Crippen LogP contribution in [0, 0.1) is 0 Å². The first-order chi connectivity index (χ1) is 14.1. The molecule has 0 bridgehead atoms. The lowest BCUT2D eigenvalue weighted by Crippen LogP contribution is -2.28. The molecule has 0 unspecified atom stereocenters. The van der Waals surface area contributed by atoms with Crippen LogP contribution >= 0.6 is 11.8 Å². The Balaban J connectivity index is 1.36. The van der Waals surface area contributed by atoms with Crippen LogP contribution in [0.1, 0.15) is 29.1 Å². The Morgan fingerprint density at radius 2 is 1.69 bits per heavy atom. The van der Waals surface area contributed by atoms with Crippen molar-refractivity contribution in [2.75, 3.05) is 10.2 Å². The quantitative estimate of drug-likeness (QED) is 0.493. The molecule has 0 saturated carbocycles. The largest absolute Gasteiger partial charge is 0.407 e. The summed E-state index contributed by atoms with van der Waals surface area (Å²) in [6, 6.07) is 16.0. The van der Waals surface area contributed by atoms with Crippen molar-refractivity contribution in [1.29, 1.82) is 0 Å². The van der Waals surface area contributed by atoms with Gasteiger partial charge in [0.15, 0.2) is 0 Å². The monoisotopic (exact) mass is 408 g/mol. The van der Waals surface area contributed by atoms with Gasteiger partial charge in [-0.1, -0.05) is 23.3 Å². The highest BCUT2D eigenvalue weighted by atomic mass is 32.2. The Kier molecular flexibility index (Phi) is 5.39. The van der Waals surface area contributed by atoms with Crippen LogP contribution in [0.4, 0.5) is 11.7 Å². The summed E-state index contributed by atoms with van der Waals surface area (Å²) in [6.45, 7) is 0. The molecule has 1 saturated heterocycles. The van der Waals surface area contributed by atoms with Gasteiger partial charge in [0.05, 0.1) is 11.4 Å². The van der Waals surface area contributed by atoms with Gasteiger partial charge in [0.2, 0.25) is 17.7 Å². The second-order valence-electron chi connectivity index (χ2n) is 6.23. The summed E-state index contributed by atoms with van der Waals surface area (Å²) in [6.07, 6.45) is 0.423. The van der Waals surface area contributed by atoms with Gasteiger partial charge in [0.25, 0.3) is 5.91 Å². The topological polar surface area (TPSA) is 105 Å². The molecule has 9 heteroatoms. The van der Waals surface area contributed by atoms with E-state index in [9.17, 15) is 14.4 Å². The minimum atomic E-state index is -0.429. The van der Waals surface area contributed by atoms with Crippen molar-refractivity contribution in [2.24, 2.45) is 0 Å². The zero-order valence-corrected chi connectivity index (χ0v) is 16.0. The molecule has 1 N–H and O–H groups in total. The molecule has 0 radical (unpaired) electrons. The first-order valence-corrected chi connectivity index (χ1v) is 9.86. The number of benzene rings is 2. The first kappa shape index (κ1) is 18.9. The van der Waals surface area contributed by atoms with Crippen LogP contribution in [-0.4, -0.2) is 27.9 Å². The van der Waals surface area contributed by atoms with Crippen LogP contribution in [0.2, 0.25) is 0 Å². The number of anilines is 2. The maximum atomic E-state index is 12.4. The summed E-state index contributed by atoms with van der Waals surface area (Å²) >= 11 is 1.55. The van der Waals surface area contributed by atoms with E-state index in [1.807, 2.05) is 30.3 Å². The molecule has 2 aromatic carbocycles. The number of rotatable bonds is 6. The number of amides is 3. The smallest absolute Gasteiger partial charge is 0.322 e. The van der Waals surface area contributed by atoms with E-state index >= 15 is 0 Å². The fourth-order valence-electron chi connectivity index (χ4n) is 2.82. The molecular formula is C20H16N4O4S. The molecule has 2 heterocycles. The molecule has 4 rings (SSSR count). The van der Waals surface area contributed by atoms with Crippen molar-refractivity contribution < 1.29 is 18.8 Å². The predicted molar refractivity (Wildman–Crippen MR) is 106 cm³/mol. The van der Waals surface area contributed by atoms with Gasteiger partial charge < -0.3 is 4.42 Å². The number of nitrogens with zero attached hydrogens (tertiary/aromatic N) is 3. The van der Waals surface area contributed by atoms with E-state index in [-0.39, 0.29) is 30.7 Å². The SMILES string of the molecule is O=C(Nc1nnc(CSc2ccccc2)o1)c1ccc(N2C(=O)CCC2=O)cc1. The van der Waals surface area contributed by atoms with Gasteiger partial charge in [-0.3, -0.25) is 24.6 Å². The van der Waals surface area contributed by atoms with Crippen LogP contribution in [0.15, 0.2) is 63.9 Å². The van der Waals surface area contributed by atoms with E-state index in [0.29, 0.717) is 22.9 Å². The summed E-state index contributed by atoms with van der Waals surface area (Å²) < 4.78 is 5.46. The van der Waals surface area contributed by atoms with Gasteiger partial charge in [-0.05, 0) is 36.4 Å². The minimum Gasteiger partial charge on any atom is -0.407 e. The zero-order chi connectivity index (χ0) is 20.2. The van der Waals surface area contributed by atoms with Gasteiger partial charge in [-0.15, -0.1) is 16.9 Å². The van der Waals surface area contributed by atoms with E-state index in [1.54, 1.807) is 23.9 Å². The minimum absolute atomic E-state index is 0.00707. The molecule has 3 aromatic rings. The average molecular weight is 408 g/mol. The standard InChI is InChI=1S/C20H16N4O4S/c25-17-10-11-18(26)24(17)14-8-6-13(7-9-14)19(27)21-20-23-22-16(28-20)12-29-15-4-2-1-3-5-15/h1-9H,10-12H2,(H,21,23,27). The number of thioether (sulfide) groups is 1. The van der Waals surface area contributed by atoms with Crippen LogP contribution < -0.4 is 10.2 Å². The Labute approximate surface area is 170 Å². The van der Waals surface area contributed by atoms with Crippen LogP contribution in [0.3, 0.4) is 0 Å². The highest BCUT2D eigenvalue weighted by Crippen LogP contribution is 2.24. The van der Waals surface area contributed by atoms with Crippen molar-refractivity contribution in [3.63, 3.8) is 0 Å². The number of imide groups is 1. The van der Waals surface area contributed by atoms with E-state index < -0.39 is 5.91 Å². The van der Waals surface area contributed by atoms with E-state index in [0.717, 1.165) is 9.80 Å². The summed E-state index contributed by atoms with van der Waals surface area (Å²) in [4.78, 5) is 38.2. The summed E-state index contributed by atoms with van der Waals surface area (Å²) in [5.74, 6) is -0.0190. The Morgan fingerprint density at radius 3 is 2.38 bits per heavy atom. The summed E-state index contributed by atoms with van der Waals surface area (Å²) in [5.41, 5.74) is 0.790. The maximum absolute atomic E-state index is 12.4. The van der Waals surface area contributed by atoms with Crippen molar-refractivity contribution >= 4 is 41.2 Å². The van der Waals surface area contributed by atoms with Gasteiger partial charge in [-0.2, -0.15) is 0 Å². The number of hydrogen-bond acceptors (Lipinski definition) is 7. The van der Waals surface area contributed by atoms with Crippen molar-refractivity contribution in [3.05, 3.63) is 66.1 Å². The molecular weight excluding hydrogens is 392 g/mol. The third kappa shape index (κ3) is 4.35. The number of carbonyl (C=O) groups is 3.